The number of nitrogens with one attached hydrogen (secondary N) is 2. The molecule has 0 atom stereocenters. The Hall–Kier alpha value is -2.64. The first-order chi connectivity index (χ1) is 15.0. The second-order valence-corrected chi connectivity index (χ2v) is 8.98. The first-order valence-electron chi connectivity index (χ1n) is 10.8. The molecule has 1 aliphatic rings. The summed E-state index contributed by atoms with van der Waals surface area (Å²) in [4.78, 5) is 27.2. The highest BCUT2D eigenvalue weighted by Gasteiger charge is 2.28. The Bertz CT molecular complexity index is 1130. The van der Waals surface area contributed by atoms with Gasteiger partial charge in [-0.25, -0.2) is 0 Å². The number of anilines is 1. The molecule has 0 fully saturated rings. The van der Waals surface area contributed by atoms with Crippen molar-refractivity contribution in [3.63, 3.8) is 0 Å². The lowest BCUT2D eigenvalue weighted by atomic mass is 10.1. The normalized spacial score (nSPS) is 12.9. The molecule has 0 saturated heterocycles. The number of benzene rings is 1. The summed E-state index contributed by atoms with van der Waals surface area (Å²) in [7, 11) is 0. The van der Waals surface area contributed by atoms with Crippen LogP contribution in [0, 0.1) is 13.8 Å². The third kappa shape index (κ3) is 4.38. The van der Waals surface area contributed by atoms with Crippen LogP contribution in [0.25, 0.3) is 11.0 Å². The van der Waals surface area contributed by atoms with Crippen LogP contribution in [0.2, 0.25) is 0 Å². The van der Waals surface area contributed by atoms with Crippen molar-refractivity contribution in [3.05, 3.63) is 51.1 Å². The van der Waals surface area contributed by atoms with Gasteiger partial charge >= 0.3 is 0 Å². The fourth-order valence-corrected chi connectivity index (χ4v) is 5.33. The van der Waals surface area contributed by atoms with Gasteiger partial charge in [0.1, 0.15) is 10.6 Å². The van der Waals surface area contributed by atoms with E-state index in [1.165, 1.54) is 16.2 Å². The van der Waals surface area contributed by atoms with Gasteiger partial charge in [0.15, 0.2) is 5.76 Å². The van der Waals surface area contributed by atoms with Crippen LogP contribution in [0.3, 0.4) is 0 Å². The Kier molecular flexibility index (Phi) is 6.43. The van der Waals surface area contributed by atoms with Gasteiger partial charge in [0, 0.05) is 35.6 Å². The molecule has 2 aromatic heterocycles. The summed E-state index contributed by atoms with van der Waals surface area (Å²) in [5.74, 6) is -0.169. The number of hydrogen-bond donors (Lipinski definition) is 2. The lowest BCUT2D eigenvalue weighted by Gasteiger charge is -2.09. The predicted molar refractivity (Wildman–Crippen MR) is 123 cm³/mol. The SMILES string of the molecule is CCOCCCNC(=O)c1c(NC(=O)c2oc3ccc(C)cc3c2C)sc2c1CCC2. The molecule has 3 aromatic rings. The van der Waals surface area contributed by atoms with Crippen LogP contribution in [0.1, 0.15) is 62.2 Å². The zero-order valence-corrected chi connectivity index (χ0v) is 19.0. The van der Waals surface area contributed by atoms with Gasteiger partial charge < -0.3 is 19.8 Å². The number of fused-ring (bicyclic) bond motifs is 2. The summed E-state index contributed by atoms with van der Waals surface area (Å²) >= 11 is 1.50. The standard InChI is InChI=1S/C24H28N2O4S/c1-4-29-12-6-11-25-22(27)20-16-7-5-8-19(16)31-24(20)26-23(28)21-15(3)17-13-14(2)9-10-18(17)30-21/h9-10,13H,4-8,11-12H2,1-3H3,(H,25,27)(H,26,28). The average molecular weight is 441 g/mol. The number of thiophene rings is 1. The summed E-state index contributed by atoms with van der Waals surface area (Å²) in [5, 5.41) is 7.48. The molecule has 0 bridgehead atoms. The summed E-state index contributed by atoms with van der Waals surface area (Å²) in [6.07, 6.45) is 3.61. The minimum atomic E-state index is -0.323. The maximum atomic E-state index is 13.1. The summed E-state index contributed by atoms with van der Waals surface area (Å²) in [6, 6.07) is 5.87. The van der Waals surface area contributed by atoms with E-state index in [4.69, 9.17) is 9.15 Å². The molecular formula is C24H28N2O4S. The van der Waals surface area contributed by atoms with E-state index in [-0.39, 0.29) is 17.6 Å². The Morgan fingerprint density at radius 2 is 2.03 bits per heavy atom. The van der Waals surface area contributed by atoms with Crippen LogP contribution in [-0.4, -0.2) is 31.6 Å². The molecule has 2 N–H and O–H groups in total. The maximum absolute atomic E-state index is 13.1. The molecule has 2 amide bonds. The van der Waals surface area contributed by atoms with Crippen molar-refractivity contribution in [1.29, 1.82) is 0 Å². The van der Waals surface area contributed by atoms with Crippen molar-refractivity contribution in [2.24, 2.45) is 0 Å². The predicted octanol–water partition coefficient (Wildman–Crippen LogP) is 5.01. The van der Waals surface area contributed by atoms with Crippen molar-refractivity contribution in [3.8, 4) is 0 Å². The van der Waals surface area contributed by atoms with E-state index in [0.29, 0.717) is 35.9 Å². The fraction of sp³-hybridized carbons (Fsp3) is 0.417. The van der Waals surface area contributed by atoms with Gasteiger partial charge in [-0.3, -0.25) is 9.59 Å². The van der Waals surface area contributed by atoms with Crippen molar-refractivity contribution in [2.45, 2.75) is 46.5 Å². The van der Waals surface area contributed by atoms with E-state index in [1.807, 2.05) is 39.0 Å². The third-order valence-corrected chi connectivity index (χ3v) is 6.84. The smallest absolute Gasteiger partial charge is 0.292 e. The molecule has 1 aromatic carbocycles. The topological polar surface area (TPSA) is 80.6 Å². The molecule has 6 nitrogen and oxygen atoms in total. The van der Waals surface area contributed by atoms with Crippen LogP contribution >= 0.6 is 11.3 Å². The van der Waals surface area contributed by atoms with E-state index in [0.717, 1.165) is 47.8 Å². The van der Waals surface area contributed by atoms with Crippen molar-refractivity contribution in [2.75, 3.05) is 25.1 Å². The number of rotatable bonds is 8. The van der Waals surface area contributed by atoms with E-state index >= 15 is 0 Å². The number of ether oxygens (including phenoxy) is 1. The van der Waals surface area contributed by atoms with Crippen LogP contribution in [-0.2, 0) is 17.6 Å². The van der Waals surface area contributed by atoms with Crippen LogP contribution < -0.4 is 10.6 Å². The van der Waals surface area contributed by atoms with Gasteiger partial charge in [0.2, 0.25) is 0 Å². The molecule has 0 saturated carbocycles. The van der Waals surface area contributed by atoms with Gasteiger partial charge in [-0.05, 0) is 64.2 Å². The third-order valence-electron chi connectivity index (χ3n) is 5.63. The van der Waals surface area contributed by atoms with Crippen LogP contribution in [0.5, 0.6) is 0 Å². The average Bonchev–Trinajstić information content (AvgIpc) is 3.41. The van der Waals surface area contributed by atoms with Gasteiger partial charge in [-0.2, -0.15) is 0 Å². The highest BCUT2D eigenvalue weighted by Crippen LogP contribution is 2.39. The minimum absolute atomic E-state index is 0.136. The quantitative estimate of drug-likeness (QED) is 0.483. The molecule has 0 aliphatic heterocycles. The lowest BCUT2D eigenvalue weighted by molar-refractivity contribution is 0.0944. The molecule has 0 spiro atoms. The molecule has 31 heavy (non-hydrogen) atoms. The Balaban J connectivity index is 1.55. The molecule has 0 radical (unpaired) electrons. The Labute approximate surface area is 186 Å². The van der Waals surface area contributed by atoms with E-state index in [2.05, 4.69) is 10.6 Å². The first kappa shape index (κ1) is 21.6. The molecular weight excluding hydrogens is 412 g/mol. The van der Waals surface area contributed by atoms with Crippen LogP contribution in [0.15, 0.2) is 22.6 Å². The molecule has 0 unspecified atom stereocenters. The van der Waals surface area contributed by atoms with E-state index in [9.17, 15) is 9.59 Å². The number of carbonyl (C=O) groups is 2. The first-order valence-corrected chi connectivity index (χ1v) is 11.6. The summed E-state index contributed by atoms with van der Waals surface area (Å²) in [5.41, 5.74) is 4.28. The number of furan rings is 1. The largest absolute Gasteiger partial charge is 0.451 e. The lowest BCUT2D eigenvalue weighted by Crippen LogP contribution is -2.27. The number of aryl methyl sites for hydroxylation is 3. The second-order valence-electron chi connectivity index (χ2n) is 7.88. The molecule has 164 valence electrons. The fourth-order valence-electron chi connectivity index (χ4n) is 4.05. The van der Waals surface area contributed by atoms with Gasteiger partial charge in [-0.15, -0.1) is 11.3 Å². The molecule has 4 rings (SSSR count). The monoisotopic (exact) mass is 440 g/mol. The number of hydrogen-bond acceptors (Lipinski definition) is 5. The van der Waals surface area contributed by atoms with Gasteiger partial charge in [0.05, 0.1) is 5.56 Å². The highest BCUT2D eigenvalue weighted by molar-refractivity contribution is 7.17. The van der Waals surface area contributed by atoms with Crippen LogP contribution in [0.4, 0.5) is 5.00 Å². The summed E-state index contributed by atoms with van der Waals surface area (Å²) < 4.78 is 11.2. The molecule has 1 aliphatic carbocycles. The van der Waals surface area contributed by atoms with Crippen molar-refractivity contribution in [1.82, 2.24) is 5.32 Å². The maximum Gasteiger partial charge on any atom is 0.292 e. The molecule has 2 heterocycles. The number of amides is 2. The highest BCUT2D eigenvalue weighted by atomic mass is 32.1. The summed E-state index contributed by atoms with van der Waals surface area (Å²) in [6.45, 7) is 7.68. The molecule has 7 heteroatoms. The number of carbonyl (C=O) groups excluding carboxylic acids is 2. The second kappa shape index (κ2) is 9.24. The minimum Gasteiger partial charge on any atom is -0.451 e. The van der Waals surface area contributed by atoms with Gasteiger partial charge in [0.25, 0.3) is 11.8 Å². The van der Waals surface area contributed by atoms with Crippen molar-refractivity contribution < 1.29 is 18.7 Å². The Morgan fingerprint density at radius 3 is 2.84 bits per heavy atom. The van der Waals surface area contributed by atoms with Gasteiger partial charge in [-0.1, -0.05) is 11.6 Å². The zero-order valence-electron chi connectivity index (χ0n) is 18.2. The Morgan fingerprint density at radius 1 is 1.19 bits per heavy atom. The van der Waals surface area contributed by atoms with E-state index in [1.54, 1.807) is 0 Å². The van der Waals surface area contributed by atoms with Crippen molar-refractivity contribution >= 4 is 39.1 Å². The van der Waals surface area contributed by atoms with E-state index < -0.39 is 0 Å². The zero-order chi connectivity index (χ0) is 22.0.